The molecule has 0 bridgehead atoms. The zero-order valence-electron chi connectivity index (χ0n) is 29.8. The van der Waals surface area contributed by atoms with Crippen molar-refractivity contribution >= 4 is 24.3 Å². The van der Waals surface area contributed by atoms with E-state index in [9.17, 15) is 4.79 Å². The summed E-state index contributed by atoms with van der Waals surface area (Å²) in [5, 5.41) is 3.43. The molecule has 1 aliphatic heterocycles. The summed E-state index contributed by atoms with van der Waals surface area (Å²) < 4.78 is 31.4. The number of hydrogen-bond donors (Lipinski definition) is 1. The summed E-state index contributed by atoms with van der Waals surface area (Å²) in [6.45, 7) is 10.2. The number of hydrogen-bond acceptors (Lipinski definition) is 5. The molecule has 1 aliphatic rings. The predicted molar refractivity (Wildman–Crippen MR) is 197 cm³/mol. The Morgan fingerprint density at radius 2 is 1.10 bits per heavy atom. The van der Waals surface area contributed by atoms with Gasteiger partial charge < -0.3 is 0 Å². The molecule has 4 rings (SSSR count). The Balaban J connectivity index is 1.77. The molecule has 1 N–H and O–H groups in total. The van der Waals surface area contributed by atoms with Crippen molar-refractivity contribution in [3.8, 4) is 0 Å². The third kappa shape index (κ3) is 11.7. The Morgan fingerprint density at radius 3 is 1.54 bits per heavy atom. The summed E-state index contributed by atoms with van der Waals surface area (Å²) >= 11 is -3.16. The average Bonchev–Trinajstić information content (AvgIpc) is 3.11. The number of carbonyl (C=O) groups is 1. The van der Waals surface area contributed by atoms with E-state index in [-0.39, 0.29) is 22.2 Å². The topological polar surface area (TPSA) is 66.0 Å². The molecule has 3 aromatic carbocycles. The Morgan fingerprint density at radius 1 is 0.667 bits per heavy atom. The first-order chi connectivity index (χ1) is 23.5. The molecule has 7 heteroatoms. The van der Waals surface area contributed by atoms with Crippen molar-refractivity contribution in [3.63, 3.8) is 0 Å². The first-order valence-corrected chi connectivity index (χ1v) is 26.0. The van der Waals surface area contributed by atoms with Crippen molar-refractivity contribution in [1.82, 2.24) is 5.32 Å². The molecule has 0 radical (unpaired) electrons. The van der Waals surface area contributed by atoms with Gasteiger partial charge >= 0.3 is 295 Å². The fraction of sp³-hybridized carbons (Fsp3) is 0.537. The number of amides is 1. The number of benzene rings is 3. The normalized spacial score (nSPS) is 21.2. The predicted octanol–water partition coefficient (Wildman–Crippen LogP) is 9.03. The maximum absolute atomic E-state index is 13.1. The summed E-state index contributed by atoms with van der Waals surface area (Å²) in [4.78, 5) is 13.1. The third-order valence-electron chi connectivity index (χ3n) is 9.71. The van der Waals surface area contributed by atoms with E-state index in [4.69, 9.17) is 18.9 Å². The summed E-state index contributed by atoms with van der Waals surface area (Å²) in [6.07, 6.45) is 5.92. The van der Waals surface area contributed by atoms with Crippen LogP contribution in [0.4, 0.5) is 0 Å². The molecule has 6 nitrogen and oxygen atoms in total. The van der Waals surface area contributed by atoms with Crippen LogP contribution in [0.2, 0.25) is 13.3 Å². The van der Waals surface area contributed by atoms with E-state index < -0.39 is 30.6 Å². The van der Waals surface area contributed by atoms with Crippen LogP contribution >= 0.6 is 0 Å². The van der Waals surface area contributed by atoms with Crippen LogP contribution in [0.25, 0.3) is 0 Å². The van der Waals surface area contributed by atoms with Gasteiger partial charge in [0.05, 0.1) is 0 Å². The van der Waals surface area contributed by atoms with Crippen molar-refractivity contribution in [3.05, 3.63) is 108 Å². The van der Waals surface area contributed by atoms with Gasteiger partial charge in [0, 0.05) is 0 Å². The van der Waals surface area contributed by atoms with Crippen molar-refractivity contribution in [2.75, 3.05) is 6.61 Å². The number of unbranched alkanes of at least 4 members (excludes halogenated alkanes) is 3. The van der Waals surface area contributed by atoms with Gasteiger partial charge in [-0.3, -0.25) is 0 Å². The Labute approximate surface area is 294 Å². The number of carbonyl (C=O) groups excluding carboxylic acids is 1. The van der Waals surface area contributed by atoms with Crippen LogP contribution in [0, 0.1) is 0 Å². The Bertz CT molecular complexity index is 1270. The van der Waals surface area contributed by atoms with E-state index in [1.165, 1.54) is 32.6 Å². The molecular formula is C41H59NO5Sn. The van der Waals surface area contributed by atoms with E-state index in [1.807, 2.05) is 54.6 Å². The zero-order valence-corrected chi connectivity index (χ0v) is 32.6. The SMILES string of the molecule is CCC[CH2][Sn]([CH2]CCC)([CH2]CCC)[C@@H]1O[C@H](COCc2ccccc2)[C@@H](OCc2ccccc2)[C@H](OCc2ccccc2)[C@H]1NC(C)=O. The van der Waals surface area contributed by atoms with Gasteiger partial charge in [-0.25, -0.2) is 0 Å². The maximum atomic E-state index is 13.1. The van der Waals surface area contributed by atoms with Crippen molar-refractivity contribution in [2.24, 2.45) is 0 Å². The van der Waals surface area contributed by atoms with Crippen molar-refractivity contribution in [1.29, 1.82) is 0 Å². The van der Waals surface area contributed by atoms with Crippen LogP contribution in [-0.4, -0.2) is 59.4 Å². The van der Waals surface area contributed by atoms with Crippen LogP contribution < -0.4 is 5.32 Å². The minimum atomic E-state index is -3.16. The second kappa shape index (κ2) is 21.1. The number of ether oxygens (including phenoxy) is 4. The minimum absolute atomic E-state index is 0.0458. The van der Waals surface area contributed by atoms with Gasteiger partial charge in [-0.2, -0.15) is 0 Å². The first-order valence-electron chi connectivity index (χ1n) is 18.3. The molecule has 262 valence electrons. The average molecular weight is 765 g/mol. The van der Waals surface area contributed by atoms with Gasteiger partial charge in [-0.1, -0.05) is 0 Å². The second-order valence-electron chi connectivity index (χ2n) is 13.5. The molecular weight excluding hydrogens is 705 g/mol. The fourth-order valence-electron chi connectivity index (χ4n) is 7.18. The van der Waals surface area contributed by atoms with Crippen LogP contribution in [0.3, 0.4) is 0 Å². The van der Waals surface area contributed by atoms with Crippen LogP contribution in [0.15, 0.2) is 91.0 Å². The zero-order chi connectivity index (χ0) is 34.0. The summed E-state index contributed by atoms with van der Waals surface area (Å²) in [5.41, 5.74) is 3.31. The number of rotatable bonds is 21. The molecule has 0 spiro atoms. The van der Waals surface area contributed by atoms with Crippen LogP contribution in [0.1, 0.15) is 82.9 Å². The third-order valence-corrected chi connectivity index (χ3v) is 26.1. The molecule has 0 saturated carbocycles. The fourth-order valence-corrected chi connectivity index (χ4v) is 25.1. The van der Waals surface area contributed by atoms with Gasteiger partial charge in [0.1, 0.15) is 0 Å². The molecule has 0 aromatic heterocycles. The van der Waals surface area contributed by atoms with E-state index in [2.05, 4.69) is 62.5 Å². The summed E-state index contributed by atoms with van der Waals surface area (Å²) in [7, 11) is 0. The molecule has 1 heterocycles. The van der Waals surface area contributed by atoms with Gasteiger partial charge in [0.2, 0.25) is 0 Å². The molecule has 1 amide bonds. The molecule has 0 aliphatic carbocycles. The van der Waals surface area contributed by atoms with Crippen LogP contribution in [-0.2, 0) is 43.6 Å². The van der Waals surface area contributed by atoms with Gasteiger partial charge in [-0.05, 0) is 0 Å². The Kier molecular flexibility index (Phi) is 16.9. The van der Waals surface area contributed by atoms with Crippen molar-refractivity contribution < 1.29 is 23.7 Å². The first kappa shape index (κ1) is 38.6. The standard InChI is InChI=1S/C29H32NO5.3C4H9.Sn/c1-22(31)30-26-20-33-27(21-32-17-23-11-5-2-6-12-23)29(35-19-25-15-9-4-10-16-25)28(26)34-18-24-13-7-3-8-14-24;3*1-3-4-2;/h2-16,20,26-29H,17-19,21H2,1H3,(H,30,31);3*1,3-4H2,2H3;/t26-,27+,28+,29+;;;;/m0..../s1. The molecule has 3 aromatic rings. The molecule has 48 heavy (non-hydrogen) atoms. The summed E-state index contributed by atoms with van der Waals surface area (Å²) in [6, 6.07) is 30.6. The summed E-state index contributed by atoms with van der Waals surface area (Å²) in [5.74, 6) is -0.0517. The Hall–Kier alpha value is -2.23. The second-order valence-corrected chi connectivity index (χ2v) is 27.2. The molecule has 0 unspecified atom stereocenters. The monoisotopic (exact) mass is 765 g/mol. The quantitative estimate of drug-likeness (QED) is 0.110. The van der Waals surface area contributed by atoms with Crippen molar-refractivity contribution in [2.45, 2.75) is 128 Å². The molecule has 5 atom stereocenters. The van der Waals surface area contributed by atoms with E-state index in [1.54, 1.807) is 6.92 Å². The molecule has 1 fully saturated rings. The van der Waals surface area contributed by atoms with E-state index in [0.717, 1.165) is 36.0 Å². The van der Waals surface area contributed by atoms with Gasteiger partial charge in [0.15, 0.2) is 0 Å². The van der Waals surface area contributed by atoms with Crippen LogP contribution in [0.5, 0.6) is 0 Å². The van der Waals surface area contributed by atoms with E-state index >= 15 is 0 Å². The van der Waals surface area contributed by atoms with Gasteiger partial charge in [0.25, 0.3) is 0 Å². The molecule has 1 saturated heterocycles. The van der Waals surface area contributed by atoms with E-state index in [0.29, 0.717) is 26.4 Å². The van der Waals surface area contributed by atoms with Gasteiger partial charge in [-0.15, -0.1) is 0 Å². The number of nitrogens with one attached hydrogen (secondary N) is 1.